The highest BCUT2D eigenvalue weighted by atomic mass is 32.2. The highest BCUT2D eigenvalue weighted by molar-refractivity contribution is 7.99. The van der Waals surface area contributed by atoms with Crippen molar-refractivity contribution in [2.24, 2.45) is 0 Å². The van der Waals surface area contributed by atoms with E-state index < -0.39 is 0 Å². The maximum Gasteiger partial charge on any atom is 0.150 e. The molecule has 0 saturated heterocycles. The summed E-state index contributed by atoms with van der Waals surface area (Å²) in [5.41, 5.74) is 2.15. The molecule has 0 atom stereocenters. The Balaban J connectivity index is 2.42. The minimum absolute atomic E-state index is 0.802. The molecule has 12 heavy (non-hydrogen) atoms. The maximum absolute atomic E-state index is 10.5. The van der Waals surface area contributed by atoms with Crippen LogP contribution in [0.3, 0.4) is 0 Å². The third kappa shape index (κ3) is 1.39. The second-order valence-electron chi connectivity index (χ2n) is 2.94. The van der Waals surface area contributed by atoms with Crippen LogP contribution in [-0.4, -0.2) is 12.0 Å². The van der Waals surface area contributed by atoms with Crippen LogP contribution in [0.1, 0.15) is 22.3 Å². The largest absolute Gasteiger partial charge is 0.298 e. The Morgan fingerprint density at radius 3 is 3.17 bits per heavy atom. The van der Waals surface area contributed by atoms with Crippen LogP contribution in [0.25, 0.3) is 0 Å². The molecule has 0 saturated carbocycles. The predicted octanol–water partition coefficient (Wildman–Crippen LogP) is 2.54. The normalized spacial score (nSPS) is 15.3. The van der Waals surface area contributed by atoms with Crippen LogP contribution in [0.4, 0.5) is 0 Å². The molecule has 1 nitrogen and oxygen atoms in total. The highest BCUT2D eigenvalue weighted by Gasteiger charge is 2.09. The predicted molar refractivity (Wildman–Crippen MR) is 50.9 cm³/mol. The van der Waals surface area contributed by atoms with Crippen LogP contribution in [0.5, 0.6) is 0 Å². The van der Waals surface area contributed by atoms with E-state index in [4.69, 9.17) is 0 Å². The van der Waals surface area contributed by atoms with Crippen LogP contribution in [0, 0.1) is 0 Å². The average molecular weight is 178 g/mol. The fourth-order valence-corrected chi connectivity index (χ4v) is 2.47. The van der Waals surface area contributed by atoms with Gasteiger partial charge in [0.2, 0.25) is 0 Å². The number of thioether (sulfide) groups is 1. The molecule has 0 amide bonds. The van der Waals surface area contributed by atoms with Gasteiger partial charge < -0.3 is 0 Å². The lowest BCUT2D eigenvalue weighted by Gasteiger charge is -2.14. The molecule has 0 N–H and O–H groups in total. The zero-order chi connectivity index (χ0) is 8.39. The van der Waals surface area contributed by atoms with Gasteiger partial charge in [-0.2, -0.15) is 0 Å². The number of aldehydes is 1. The molecule has 62 valence electrons. The van der Waals surface area contributed by atoms with Crippen molar-refractivity contribution in [2.75, 3.05) is 5.75 Å². The minimum atomic E-state index is 0.802. The third-order valence-electron chi connectivity index (χ3n) is 2.07. The van der Waals surface area contributed by atoms with E-state index in [-0.39, 0.29) is 0 Å². The average Bonchev–Trinajstić information content (AvgIpc) is 2.17. The van der Waals surface area contributed by atoms with Gasteiger partial charge in [0.1, 0.15) is 6.29 Å². The van der Waals surface area contributed by atoms with E-state index in [0.717, 1.165) is 18.3 Å². The molecular weight excluding hydrogens is 168 g/mol. The molecular formula is C10H10OS. The van der Waals surface area contributed by atoms with Gasteiger partial charge in [-0.1, -0.05) is 6.07 Å². The lowest BCUT2D eigenvalue weighted by molar-refractivity contribution is 0.112. The number of aryl methyl sites for hydroxylation is 1. The molecule has 0 radical (unpaired) electrons. The fourth-order valence-electron chi connectivity index (χ4n) is 1.45. The van der Waals surface area contributed by atoms with Crippen molar-refractivity contribution < 1.29 is 4.79 Å². The van der Waals surface area contributed by atoms with Crippen molar-refractivity contribution in [3.8, 4) is 0 Å². The Bertz CT molecular complexity index is 307. The number of rotatable bonds is 1. The minimum Gasteiger partial charge on any atom is -0.298 e. The number of hydrogen-bond acceptors (Lipinski definition) is 2. The number of hydrogen-bond donors (Lipinski definition) is 0. The molecule has 1 aliphatic rings. The van der Waals surface area contributed by atoms with Gasteiger partial charge >= 0.3 is 0 Å². The lowest BCUT2D eigenvalue weighted by Crippen LogP contribution is -1.98. The summed E-state index contributed by atoms with van der Waals surface area (Å²) >= 11 is 1.89. The molecule has 1 aromatic carbocycles. The van der Waals surface area contributed by atoms with E-state index in [9.17, 15) is 4.79 Å². The Morgan fingerprint density at radius 2 is 2.33 bits per heavy atom. The molecule has 2 heteroatoms. The topological polar surface area (TPSA) is 17.1 Å². The first kappa shape index (κ1) is 7.87. The number of carbonyl (C=O) groups is 1. The van der Waals surface area contributed by atoms with Gasteiger partial charge in [-0.25, -0.2) is 0 Å². The first-order chi connectivity index (χ1) is 5.90. The molecule has 2 rings (SSSR count). The van der Waals surface area contributed by atoms with Crippen LogP contribution < -0.4 is 0 Å². The van der Waals surface area contributed by atoms with Crippen LogP contribution >= 0.6 is 11.8 Å². The summed E-state index contributed by atoms with van der Waals surface area (Å²) in [5.74, 6) is 1.22. The van der Waals surface area contributed by atoms with Crippen molar-refractivity contribution in [3.05, 3.63) is 29.3 Å². The Labute approximate surface area is 76.2 Å². The van der Waals surface area contributed by atoms with E-state index in [2.05, 4.69) is 6.07 Å². The molecule has 0 spiro atoms. The van der Waals surface area contributed by atoms with E-state index in [1.807, 2.05) is 23.9 Å². The molecule has 1 heterocycles. The quantitative estimate of drug-likeness (QED) is 0.615. The van der Waals surface area contributed by atoms with Crippen molar-refractivity contribution in [3.63, 3.8) is 0 Å². The molecule has 0 fully saturated rings. The first-order valence-electron chi connectivity index (χ1n) is 4.11. The summed E-state index contributed by atoms with van der Waals surface area (Å²) in [4.78, 5) is 11.8. The van der Waals surface area contributed by atoms with Gasteiger partial charge in [0.25, 0.3) is 0 Å². The molecule has 1 aromatic rings. The van der Waals surface area contributed by atoms with E-state index in [0.29, 0.717) is 0 Å². The summed E-state index contributed by atoms with van der Waals surface area (Å²) < 4.78 is 0. The van der Waals surface area contributed by atoms with Crippen LogP contribution in [0.15, 0.2) is 23.1 Å². The third-order valence-corrected chi connectivity index (χ3v) is 3.27. The second-order valence-corrected chi connectivity index (χ2v) is 4.07. The van der Waals surface area contributed by atoms with Crippen LogP contribution in [-0.2, 0) is 6.42 Å². The Hall–Kier alpha value is -0.760. The number of carbonyl (C=O) groups excluding carboxylic acids is 1. The molecule has 1 aliphatic heterocycles. The summed E-state index contributed by atoms with van der Waals surface area (Å²) in [6.45, 7) is 0. The molecule has 0 aliphatic carbocycles. The smallest absolute Gasteiger partial charge is 0.150 e. The zero-order valence-corrected chi connectivity index (χ0v) is 7.56. The maximum atomic E-state index is 10.5. The summed E-state index contributed by atoms with van der Waals surface area (Å²) in [6.07, 6.45) is 3.28. The standard InChI is InChI=1S/C10H10OS/c11-7-8-3-4-10-9(6-8)2-1-5-12-10/h3-4,6-7H,1-2,5H2. The van der Waals surface area contributed by atoms with E-state index in [1.165, 1.54) is 22.6 Å². The fraction of sp³-hybridized carbons (Fsp3) is 0.300. The number of fused-ring (bicyclic) bond motifs is 1. The van der Waals surface area contributed by atoms with Crippen molar-refractivity contribution >= 4 is 18.0 Å². The van der Waals surface area contributed by atoms with Gasteiger partial charge in [0.05, 0.1) is 0 Å². The van der Waals surface area contributed by atoms with Crippen LogP contribution in [0.2, 0.25) is 0 Å². The SMILES string of the molecule is O=Cc1ccc2c(c1)CCCS2. The molecule has 0 aromatic heterocycles. The van der Waals surface area contributed by atoms with Gasteiger partial charge in [-0.05, 0) is 36.3 Å². The second kappa shape index (κ2) is 3.31. The lowest BCUT2D eigenvalue weighted by atomic mass is 10.1. The van der Waals surface area contributed by atoms with Gasteiger partial charge in [0.15, 0.2) is 0 Å². The highest BCUT2D eigenvalue weighted by Crippen LogP contribution is 2.29. The van der Waals surface area contributed by atoms with Gasteiger partial charge in [-0.15, -0.1) is 11.8 Å². The molecule has 0 bridgehead atoms. The first-order valence-corrected chi connectivity index (χ1v) is 5.09. The Kier molecular flexibility index (Phi) is 2.17. The van der Waals surface area contributed by atoms with Gasteiger partial charge in [-0.3, -0.25) is 4.79 Å². The van der Waals surface area contributed by atoms with Crippen molar-refractivity contribution in [1.82, 2.24) is 0 Å². The Morgan fingerprint density at radius 1 is 1.42 bits per heavy atom. The van der Waals surface area contributed by atoms with E-state index in [1.54, 1.807) is 0 Å². The summed E-state index contributed by atoms with van der Waals surface area (Å²) in [7, 11) is 0. The van der Waals surface area contributed by atoms with Crippen molar-refractivity contribution in [2.45, 2.75) is 17.7 Å². The zero-order valence-electron chi connectivity index (χ0n) is 6.75. The number of benzene rings is 1. The summed E-state index contributed by atoms with van der Waals surface area (Å²) in [6, 6.07) is 5.96. The molecule has 0 unspecified atom stereocenters. The summed E-state index contributed by atoms with van der Waals surface area (Å²) in [5, 5.41) is 0. The van der Waals surface area contributed by atoms with E-state index >= 15 is 0 Å². The van der Waals surface area contributed by atoms with Crippen molar-refractivity contribution in [1.29, 1.82) is 0 Å². The monoisotopic (exact) mass is 178 g/mol. The van der Waals surface area contributed by atoms with Gasteiger partial charge in [0, 0.05) is 10.5 Å².